The molecule has 1 aromatic heterocycles. The number of hydrogen-bond donors (Lipinski definition) is 1. The Hall–Kier alpha value is -2.21. The van der Waals surface area contributed by atoms with Crippen LogP contribution in [0.15, 0.2) is 36.5 Å². The van der Waals surface area contributed by atoms with Crippen molar-refractivity contribution >= 4 is 5.91 Å². The Balaban J connectivity index is 1.85. The van der Waals surface area contributed by atoms with E-state index < -0.39 is 6.10 Å². The second kappa shape index (κ2) is 7.35. The number of carbonyl (C=O) groups excluding carboxylic acids is 1. The predicted octanol–water partition coefficient (Wildman–Crippen LogP) is 3.33. The monoisotopic (exact) mass is 345 g/mol. The van der Waals surface area contributed by atoms with Crippen molar-refractivity contribution in [3.63, 3.8) is 0 Å². The Kier molecular flexibility index (Phi) is 5.18. The van der Waals surface area contributed by atoms with Crippen molar-refractivity contribution in [3.8, 4) is 0 Å². The van der Waals surface area contributed by atoms with E-state index in [1.807, 2.05) is 10.9 Å². The maximum absolute atomic E-state index is 13.6. The van der Waals surface area contributed by atoms with Crippen LogP contribution < -0.4 is 0 Å². The number of aromatic nitrogens is 2. The van der Waals surface area contributed by atoms with E-state index in [-0.39, 0.29) is 30.4 Å². The first kappa shape index (κ1) is 17.6. The zero-order chi connectivity index (χ0) is 18.0. The minimum absolute atomic E-state index is 0.226. The summed E-state index contributed by atoms with van der Waals surface area (Å²) in [6.07, 6.45) is 3.51. The van der Waals surface area contributed by atoms with E-state index >= 15 is 0 Å². The van der Waals surface area contributed by atoms with Crippen LogP contribution in [0.5, 0.6) is 0 Å². The van der Waals surface area contributed by atoms with Crippen molar-refractivity contribution in [2.75, 3.05) is 6.54 Å². The van der Waals surface area contributed by atoms with Crippen molar-refractivity contribution in [2.45, 2.75) is 51.3 Å². The van der Waals surface area contributed by atoms with Crippen molar-refractivity contribution in [3.05, 3.63) is 53.6 Å². The number of carbonyl (C=O) groups is 1. The summed E-state index contributed by atoms with van der Waals surface area (Å²) in [6.45, 7) is 4.42. The average molecular weight is 345 g/mol. The molecule has 1 N–H and O–H groups in total. The third-order valence-electron chi connectivity index (χ3n) is 4.92. The van der Waals surface area contributed by atoms with E-state index in [9.17, 15) is 14.3 Å². The number of likely N-dealkylation sites (tertiary alicyclic amines) is 1. The SMILES string of the molecule is CCC(CC)n1ccc(C(=O)N2C[C@@H](O)C[C@H]2c2cccc(F)c2)n1. The van der Waals surface area contributed by atoms with Gasteiger partial charge in [-0.1, -0.05) is 26.0 Å². The largest absolute Gasteiger partial charge is 0.391 e. The third kappa shape index (κ3) is 3.58. The van der Waals surface area contributed by atoms with Gasteiger partial charge in [-0.25, -0.2) is 4.39 Å². The van der Waals surface area contributed by atoms with Gasteiger partial charge in [0.25, 0.3) is 5.91 Å². The number of amides is 1. The van der Waals surface area contributed by atoms with E-state index in [0.29, 0.717) is 17.7 Å². The second-order valence-corrected chi connectivity index (χ2v) is 6.57. The fourth-order valence-electron chi connectivity index (χ4n) is 3.53. The van der Waals surface area contributed by atoms with E-state index in [4.69, 9.17) is 0 Å². The lowest BCUT2D eigenvalue weighted by Crippen LogP contribution is -2.32. The van der Waals surface area contributed by atoms with Crippen LogP contribution in [0.2, 0.25) is 0 Å². The van der Waals surface area contributed by atoms with Crippen LogP contribution in [0.1, 0.15) is 61.2 Å². The van der Waals surface area contributed by atoms with Crippen molar-refractivity contribution in [1.82, 2.24) is 14.7 Å². The molecule has 0 aliphatic carbocycles. The Labute approximate surface area is 147 Å². The fourth-order valence-corrected chi connectivity index (χ4v) is 3.53. The van der Waals surface area contributed by atoms with Gasteiger partial charge < -0.3 is 10.0 Å². The molecule has 1 amide bonds. The predicted molar refractivity (Wildman–Crippen MR) is 92.6 cm³/mol. The van der Waals surface area contributed by atoms with Gasteiger partial charge in [0.05, 0.1) is 18.2 Å². The molecule has 0 unspecified atom stereocenters. The highest BCUT2D eigenvalue weighted by atomic mass is 19.1. The summed E-state index contributed by atoms with van der Waals surface area (Å²) in [5.74, 6) is -0.570. The molecular formula is C19H24FN3O2. The fraction of sp³-hybridized carbons (Fsp3) is 0.474. The maximum atomic E-state index is 13.6. The molecule has 25 heavy (non-hydrogen) atoms. The van der Waals surface area contributed by atoms with Crippen molar-refractivity contribution in [2.24, 2.45) is 0 Å². The van der Waals surface area contributed by atoms with Gasteiger partial charge in [-0.15, -0.1) is 0 Å². The molecule has 1 saturated heterocycles. The van der Waals surface area contributed by atoms with Crippen LogP contribution in [0.3, 0.4) is 0 Å². The molecule has 0 saturated carbocycles. The van der Waals surface area contributed by atoms with E-state index in [2.05, 4.69) is 18.9 Å². The van der Waals surface area contributed by atoms with Gasteiger partial charge >= 0.3 is 0 Å². The zero-order valence-corrected chi connectivity index (χ0v) is 14.6. The molecule has 5 nitrogen and oxygen atoms in total. The average Bonchev–Trinajstić information content (AvgIpc) is 3.23. The number of aliphatic hydroxyl groups is 1. The lowest BCUT2D eigenvalue weighted by atomic mass is 10.0. The first-order valence-corrected chi connectivity index (χ1v) is 8.83. The number of nitrogens with zero attached hydrogens (tertiary/aromatic N) is 3. The molecule has 0 spiro atoms. The van der Waals surface area contributed by atoms with Crippen molar-refractivity contribution < 1.29 is 14.3 Å². The lowest BCUT2D eigenvalue weighted by molar-refractivity contribution is 0.0708. The molecule has 6 heteroatoms. The molecule has 1 aromatic carbocycles. The number of benzene rings is 1. The number of aliphatic hydroxyl groups excluding tert-OH is 1. The minimum atomic E-state index is -0.613. The van der Waals surface area contributed by atoms with Gasteiger partial charge in [-0.2, -0.15) is 5.10 Å². The number of rotatable bonds is 5. The molecule has 2 aromatic rings. The van der Waals surface area contributed by atoms with Crippen LogP contribution >= 0.6 is 0 Å². The highest BCUT2D eigenvalue weighted by molar-refractivity contribution is 5.92. The van der Waals surface area contributed by atoms with Gasteiger partial charge in [0, 0.05) is 12.7 Å². The summed E-state index contributed by atoms with van der Waals surface area (Å²) in [5, 5.41) is 14.5. The Morgan fingerprint density at radius 2 is 2.12 bits per heavy atom. The quantitative estimate of drug-likeness (QED) is 0.904. The van der Waals surface area contributed by atoms with E-state index in [1.165, 1.54) is 12.1 Å². The van der Waals surface area contributed by atoms with Crippen LogP contribution in [-0.2, 0) is 0 Å². The number of halogens is 1. The summed E-state index contributed by atoms with van der Waals surface area (Å²) in [5.41, 5.74) is 1.06. The molecular weight excluding hydrogens is 321 g/mol. The Morgan fingerprint density at radius 1 is 1.36 bits per heavy atom. The second-order valence-electron chi connectivity index (χ2n) is 6.57. The van der Waals surface area contributed by atoms with Crippen LogP contribution in [0.4, 0.5) is 4.39 Å². The van der Waals surface area contributed by atoms with Gasteiger partial charge in [0.2, 0.25) is 0 Å². The molecule has 1 aliphatic heterocycles. The lowest BCUT2D eigenvalue weighted by Gasteiger charge is -2.24. The third-order valence-corrected chi connectivity index (χ3v) is 4.92. The summed E-state index contributed by atoms with van der Waals surface area (Å²) >= 11 is 0. The maximum Gasteiger partial charge on any atom is 0.274 e. The van der Waals surface area contributed by atoms with Gasteiger partial charge in [0.1, 0.15) is 11.5 Å². The molecule has 1 aliphatic rings. The van der Waals surface area contributed by atoms with Gasteiger partial charge in [-0.05, 0) is 43.0 Å². The summed E-state index contributed by atoms with van der Waals surface area (Å²) < 4.78 is 15.4. The van der Waals surface area contributed by atoms with E-state index in [1.54, 1.807) is 23.1 Å². The molecule has 2 heterocycles. The Bertz CT molecular complexity index is 742. The Morgan fingerprint density at radius 3 is 2.80 bits per heavy atom. The molecule has 1 fully saturated rings. The number of β-amino-alcohol motifs (C(OH)–C–C–N with tert-alkyl or cyclic N) is 1. The summed E-state index contributed by atoms with van der Waals surface area (Å²) in [7, 11) is 0. The first-order valence-electron chi connectivity index (χ1n) is 8.83. The van der Waals surface area contributed by atoms with Crippen LogP contribution in [0.25, 0.3) is 0 Å². The van der Waals surface area contributed by atoms with Gasteiger partial charge in [0.15, 0.2) is 0 Å². The smallest absolute Gasteiger partial charge is 0.274 e. The molecule has 2 atom stereocenters. The normalized spacial score (nSPS) is 20.4. The highest BCUT2D eigenvalue weighted by Gasteiger charge is 2.36. The van der Waals surface area contributed by atoms with E-state index in [0.717, 1.165) is 12.8 Å². The van der Waals surface area contributed by atoms with Crippen LogP contribution in [0, 0.1) is 5.82 Å². The molecule has 134 valence electrons. The first-order chi connectivity index (χ1) is 12.0. The zero-order valence-electron chi connectivity index (χ0n) is 14.6. The summed E-state index contributed by atoms with van der Waals surface area (Å²) in [4.78, 5) is 14.5. The number of hydrogen-bond acceptors (Lipinski definition) is 3. The molecule has 0 bridgehead atoms. The van der Waals surface area contributed by atoms with Gasteiger partial charge in [-0.3, -0.25) is 9.48 Å². The van der Waals surface area contributed by atoms with Crippen LogP contribution in [-0.4, -0.2) is 38.3 Å². The minimum Gasteiger partial charge on any atom is -0.391 e. The molecule has 3 rings (SSSR count). The summed E-state index contributed by atoms with van der Waals surface area (Å²) in [6, 6.07) is 7.86. The highest BCUT2D eigenvalue weighted by Crippen LogP contribution is 2.33. The van der Waals surface area contributed by atoms with Crippen molar-refractivity contribution in [1.29, 1.82) is 0 Å². The standard InChI is InChI=1S/C19H24FN3O2/c1-3-15(4-2)23-9-8-17(21-23)19(25)22-12-16(24)11-18(22)13-6-5-7-14(20)10-13/h5-10,15-16,18,24H,3-4,11-12H2,1-2H3/t16-,18-/m0/s1. The topological polar surface area (TPSA) is 58.4 Å². The molecule has 0 radical (unpaired) electrons.